The predicted octanol–water partition coefficient (Wildman–Crippen LogP) is 3.38. The van der Waals surface area contributed by atoms with Gasteiger partial charge in [0.25, 0.3) is 0 Å². The molecule has 2 N–H and O–H groups in total. The number of rotatable bonds is 3. The first-order chi connectivity index (χ1) is 14.1. The van der Waals surface area contributed by atoms with E-state index in [-0.39, 0.29) is 11.8 Å². The van der Waals surface area contributed by atoms with E-state index in [1.165, 1.54) is 54.0 Å². The molecule has 0 aromatic heterocycles. The molecule has 1 saturated heterocycles. The van der Waals surface area contributed by atoms with Crippen LogP contribution in [0.3, 0.4) is 0 Å². The number of fused-ring (bicyclic) bond motifs is 4. The van der Waals surface area contributed by atoms with Gasteiger partial charge < -0.3 is 15.1 Å². The second-order valence-electron chi connectivity index (χ2n) is 8.91. The van der Waals surface area contributed by atoms with Crippen LogP contribution in [0.15, 0.2) is 48.5 Å². The molecule has 2 aromatic rings. The van der Waals surface area contributed by atoms with Gasteiger partial charge in [-0.15, -0.1) is 0 Å². The van der Waals surface area contributed by atoms with Gasteiger partial charge in [-0.1, -0.05) is 42.8 Å². The average molecular weight is 391 g/mol. The van der Waals surface area contributed by atoms with Crippen LogP contribution in [0.25, 0.3) is 5.70 Å². The molecule has 1 spiro atoms. The van der Waals surface area contributed by atoms with Crippen molar-refractivity contribution in [3.8, 4) is 5.75 Å². The largest absolute Gasteiger partial charge is 0.470 e. The normalized spacial score (nSPS) is 28.3. The molecule has 4 heteroatoms. The molecule has 0 unspecified atom stereocenters. The smallest absolute Gasteiger partial charge is 0.191 e. The minimum absolute atomic E-state index is 0.211. The van der Waals surface area contributed by atoms with Crippen LogP contribution in [0.1, 0.15) is 54.5 Å². The standard InChI is InChI=1S/C25H31N3O/c1-4-13-27-14-11-25(12-15-27)28-23(20-7-5-6-8-24(20)29-25)17-22(26-28)21-16-18(2)9-10-19(21)3/h5-10,16-17,23,26H,4,11-15H2,1-3H3/p+1/t23-/m0/s1. The number of hydrogen-bond donors (Lipinski definition) is 2. The van der Waals surface area contributed by atoms with Crippen molar-refractivity contribution in [2.45, 2.75) is 51.8 Å². The van der Waals surface area contributed by atoms with E-state index in [9.17, 15) is 0 Å². The Morgan fingerprint density at radius 2 is 1.93 bits per heavy atom. The van der Waals surface area contributed by atoms with Crippen LogP contribution in [0.5, 0.6) is 5.75 Å². The number of para-hydroxylation sites is 1. The monoisotopic (exact) mass is 390 g/mol. The lowest BCUT2D eigenvalue weighted by Gasteiger charge is -2.50. The van der Waals surface area contributed by atoms with E-state index in [0.717, 1.165) is 18.6 Å². The van der Waals surface area contributed by atoms with Gasteiger partial charge in [-0.2, -0.15) is 5.01 Å². The lowest BCUT2D eigenvalue weighted by Crippen LogP contribution is -3.14. The maximum absolute atomic E-state index is 6.76. The highest BCUT2D eigenvalue weighted by Gasteiger charge is 2.52. The fourth-order valence-electron chi connectivity index (χ4n) is 5.24. The predicted molar refractivity (Wildman–Crippen MR) is 116 cm³/mol. The van der Waals surface area contributed by atoms with Crippen molar-refractivity contribution >= 4 is 5.70 Å². The minimum atomic E-state index is -0.272. The van der Waals surface area contributed by atoms with Crippen LogP contribution in [0.4, 0.5) is 0 Å². The van der Waals surface area contributed by atoms with Crippen LogP contribution < -0.4 is 15.1 Å². The lowest BCUT2D eigenvalue weighted by molar-refractivity contribution is -0.908. The molecule has 0 bridgehead atoms. The Morgan fingerprint density at radius 1 is 1.14 bits per heavy atom. The van der Waals surface area contributed by atoms with Crippen molar-refractivity contribution in [2.75, 3.05) is 19.6 Å². The molecule has 29 heavy (non-hydrogen) atoms. The number of quaternary nitrogens is 1. The van der Waals surface area contributed by atoms with Gasteiger partial charge in [0.1, 0.15) is 5.75 Å². The van der Waals surface area contributed by atoms with Crippen LogP contribution in [-0.2, 0) is 0 Å². The second kappa shape index (κ2) is 7.19. The summed E-state index contributed by atoms with van der Waals surface area (Å²) < 4.78 is 6.76. The number of ether oxygens (including phenoxy) is 1. The summed E-state index contributed by atoms with van der Waals surface area (Å²) in [6.45, 7) is 10.2. The van der Waals surface area contributed by atoms with Gasteiger partial charge in [0.05, 0.1) is 44.2 Å². The Hall–Kier alpha value is -2.30. The molecular formula is C25H32N3O+. The van der Waals surface area contributed by atoms with Gasteiger partial charge in [0, 0.05) is 11.1 Å². The van der Waals surface area contributed by atoms with Crippen molar-refractivity contribution in [3.05, 3.63) is 70.8 Å². The van der Waals surface area contributed by atoms with E-state index in [0.29, 0.717) is 0 Å². The molecule has 1 atom stereocenters. The van der Waals surface area contributed by atoms with E-state index in [4.69, 9.17) is 4.74 Å². The fourth-order valence-corrected chi connectivity index (χ4v) is 5.24. The molecule has 152 valence electrons. The molecule has 3 aliphatic heterocycles. The molecule has 5 rings (SSSR count). The molecule has 1 fully saturated rings. The van der Waals surface area contributed by atoms with Crippen molar-refractivity contribution in [2.24, 2.45) is 0 Å². The van der Waals surface area contributed by atoms with E-state index in [1.807, 2.05) is 0 Å². The number of nitrogens with zero attached hydrogens (tertiary/aromatic N) is 1. The van der Waals surface area contributed by atoms with Crippen LogP contribution in [-0.4, -0.2) is 30.4 Å². The third kappa shape index (κ3) is 3.15. The molecule has 0 saturated carbocycles. The van der Waals surface area contributed by atoms with Gasteiger partial charge in [-0.3, -0.25) is 0 Å². The van der Waals surface area contributed by atoms with E-state index in [1.54, 1.807) is 4.90 Å². The zero-order chi connectivity index (χ0) is 20.0. The van der Waals surface area contributed by atoms with Crippen molar-refractivity contribution in [1.29, 1.82) is 0 Å². The number of aryl methyl sites for hydroxylation is 2. The molecule has 3 aliphatic rings. The molecule has 0 radical (unpaired) electrons. The summed E-state index contributed by atoms with van der Waals surface area (Å²) in [5.41, 5.74) is 9.87. The van der Waals surface area contributed by atoms with Crippen molar-refractivity contribution in [1.82, 2.24) is 10.4 Å². The molecule has 2 aromatic carbocycles. The van der Waals surface area contributed by atoms with Gasteiger partial charge in [0.15, 0.2) is 5.72 Å². The zero-order valence-electron chi connectivity index (χ0n) is 17.8. The van der Waals surface area contributed by atoms with Gasteiger partial charge >= 0.3 is 0 Å². The maximum Gasteiger partial charge on any atom is 0.191 e. The molecule has 0 aliphatic carbocycles. The number of hydrazine groups is 1. The highest BCUT2D eigenvalue weighted by molar-refractivity contribution is 5.70. The second-order valence-corrected chi connectivity index (χ2v) is 8.91. The molecule has 3 heterocycles. The Kier molecular flexibility index (Phi) is 4.64. The van der Waals surface area contributed by atoms with Gasteiger partial charge in [-0.05, 0) is 44.0 Å². The van der Waals surface area contributed by atoms with Crippen LogP contribution in [0.2, 0.25) is 0 Å². The molecule has 0 amide bonds. The Labute approximate surface area is 174 Å². The van der Waals surface area contributed by atoms with Crippen molar-refractivity contribution in [3.63, 3.8) is 0 Å². The highest BCUT2D eigenvalue weighted by atomic mass is 16.5. The van der Waals surface area contributed by atoms with E-state index in [2.05, 4.69) is 79.7 Å². The summed E-state index contributed by atoms with van der Waals surface area (Å²) in [6, 6.07) is 15.5. The number of benzene rings is 2. The first-order valence-corrected chi connectivity index (χ1v) is 11.1. The van der Waals surface area contributed by atoms with E-state index >= 15 is 0 Å². The zero-order valence-corrected chi connectivity index (χ0v) is 17.8. The Morgan fingerprint density at radius 3 is 2.72 bits per heavy atom. The number of likely N-dealkylation sites (tertiary alicyclic amines) is 1. The van der Waals surface area contributed by atoms with Crippen LogP contribution in [0, 0.1) is 13.8 Å². The summed E-state index contributed by atoms with van der Waals surface area (Å²) in [7, 11) is 0. The maximum atomic E-state index is 6.76. The highest BCUT2D eigenvalue weighted by Crippen LogP contribution is 2.47. The first kappa shape index (κ1) is 18.7. The van der Waals surface area contributed by atoms with E-state index < -0.39 is 0 Å². The third-order valence-electron chi connectivity index (χ3n) is 6.85. The quantitative estimate of drug-likeness (QED) is 0.842. The van der Waals surface area contributed by atoms with Crippen LogP contribution >= 0.6 is 0 Å². The number of hydrogen-bond acceptors (Lipinski definition) is 3. The third-order valence-corrected chi connectivity index (χ3v) is 6.85. The fraction of sp³-hybridized carbons (Fsp3) is 0.440. The summed E-state index contributed by atoms with van der Waals surface area (Å²) in [5, 5.41) is 2.41. The lowest BCUT2D eigenvalue weighted by atomic mass is 9.92. The summed E-state index contributed by atoms with van der Waals surface area (Å²) in [5.74, 6) is 1.05. The number of nitrogens with one attached hydrogen (secondary N) is 2. The number of piperidine rings is 1. The van der Waals surface area contributed by atoms with Crippen molar-refractivity contribution < 1.29 is 9.64 Å². The average Bonchev–Trinajstić information content (AvgIpc) is 3.18. The Balaban J connectivity index is 1.52. The summed E-state index contributed by atoms with van der Waals surface area (Å²) in [4.78, 5) is 1.71. The van der Waals surface area contributed by atoms with Gasteiger partial charge in [0.2, 0.25) is 0 Å². The molecule has 4 nitrogen and oxygen atoms in total. The summed E-state index contributed by atoms with van der Waals surface area (Å²) >= 11 is 0. The first-order valence-electron chi connectivity index (χ1n) is 11.1. The minimum Gasteiger partial charge on any atom is -0.470 e. The topological polar surface area (TPSA) is 28.9 Å². The van der Waals surface area contributed by atoms with Gasteiger partial charge in [-0.25, -0.2) is 0 Å². The SMILES string of the molecule is CCC[NH+]1CCC2(CC1)Oc1ccccc1[C@@H]1C=C(c3cc(C)ccc3C)NN12. The Bertz CT molecular complexity index is 943. The summed E-state index contributed by atoms with van der Waals surface area (Å²) in [6.07, 6.45) is 5.74. The molecular weight excluding hydrogens is 358 g/mol.